The fourth-order valence-electron chi connectivity index (χ4n) is 1.71. The van der Waals surface area contributed by atoms with Gasteiger partial charge < -0.3 is 4.90 Å². The molecule has 1 unspecified atom stereocenters. The van der Waals surface area contributed by atoms with E-state index in [1.54, 1.807) is 0 Å². The first-order chi connectivity index (χ1) is 5.65. The van der Waals surface area contributed by atoms with Crippen LogP contribution in [0.4, 0.5) is 0 Å². The van der Waals surface area contributed by atoms with E-state index >= 15 is 0 Å². The molecule has 0 bridgehead atoms. The van der Waals surface area contributed by atoms with Crippen LogP contribution in [0.3, 0.4) is 0 Å². The third-order valence-corrected chi connectivity index (χ3v) is 2.58. The molecular formula is C10H17NO. The van der Waals surface area contributed by atoms with Crippen molar-refractivity contribution in [1.82, 2.24) is 4.90 Å². The minimum absolute atomic E-state index is 0.0778. The van der Waals surface area contributed by atoms with Gasteiger partial charge in [0, 0.05) is 12.6 Å². The number of piperidine rings is 1. The van der Waals surface area contributed by atoms with Crippen molar-refractivity contribution in [3.05, 3.63) is 12.7 Å². The van der Waals surface area contributed by atoms with Gasteiger partial charge in [0.1, 0.15) is 0 Å². The van der Waals surface area contributed by atoms with Crippen LogP contribution in [0.25, 0.3) is 0 Å². The number of nitrogens with zero attached hydrogens (tertiary/aromatic N) is 1. The summed E-state index contributed by atoms with van der Waals surface area (Å²) in [4.78, 5) is 13.2. The summed E-state index contributed by atoms with van der Waals surface area (Å²) in [5.41, 5.74) is 0. The second-order valence-electron chi connectivity index (χ2n) is 3.73. The first-order valence-corrected chi connectivity index (χ1v) is 4.58. The molecule has 0 aromatic heterocycles. The molecule has 1 aliphatic rings. The Morgan fingerprint density at radius 2 is 2.17 bits per heavy atom. The van der Waals surface area contributed by atoms with E-state index in [1.807, 2.05) is 4.90 Å². The van der Waals surface area contributed by atoms with Crippen molar-refractivity contribution in [3.8, 4) is 0 Å². The van der Waals surface area contributed by atoms with Crippen LogP contribution < -0.4 is 0 Å². The Bertz CT molecular complexity index is 188. The lowest BCUT2D eigenvalue weighted by Gasteiger charge is -2.36. The quantitative estimate of drug-likeness (QED) is 0.545. The molecule has 1 amide bonds. The van der Waals surface area contributed by atoms with Crippen molar-refractivity contribution in [3.63, 3.8) is 0 Å². The SMILES string of the molecule is C=CC(=O)N1C[C@@H](C)CCC1C. The van der Waals surface area contributed by atoms with Crippen LogP contribution >= 0.6 is 0 Å². The van der Waals surface area contributed by atoms with Gasteiger partial charge in [-0.1, -0.05) is 13.5 Å². The first-order valence-electron chi connectivity index (χ1n) is 4.58. The van der Waals surface area contributed by atoms with Gasteiger partial charge in [-0.3, -0.25) is 4.79 Å². The molecule has 1 saturated heterocycles. The zero-order chi connectivity index (χ0) is 9.14. The Morgan fingerprint density at radius 3 is 2.75 bits per heavy atom. The molecular weight excluding hydrogens is 150 g/mol. The van der Waals surface area contributed by atoms with Crippen LogP contribution in [0.15, 0.2) is 12.7 Å². The highest BCUT2D eigenvalue weighted by atomic mass is 16.2. The molecule has 1 fully saturated rings. The maximum Gasteiger partial charge on any atom is 0.246 e. The van der Waals surface area contributed by atoms with E-state index in [-0.39, 0.29) is 5.91 Å². The van der Waals surface area contributed by atoms with E-state index in [0.29, 0.717) is 12.0 Å². The largest absolute Gasteiger partial charge is 0.336 e. The minimum Gasteiger partial charge on any atom is -0.336 e. The van der Waals surface area contributed by atoms with Crippen molar-refractivity contribution in [1.29, 1.82) is 0 Å². The second kappa shape index (κ2) is 3.74. The highest BCUT2D eigenvalue weighted by Gasteiger charge is 2.24. The Balaban J connectivity index is 2.60. The van der Waals surface area contributed by atoms with Gasteiger partial charge in [-0.2, -0.15) is 0 Å². The summed E-state index contributed by atoms with van der Waals surface area (Å²) in [6.45, 7) is 8.69. The lowest BCUT2D eigenvalue weighted by Crippen LogP contribution is -2.44. The number of carbonyl (C=O) groups is 1. The molecule has 1 rings (SSSR count). The molecule has 0 aromatic carbocycles. The van der Waals surface area contributed by atoms with Crippen molar-refractivity contribution < 1.29 is 4.79 Å². The molecule has 0 saturated carbocycles. The van der Waals surface area contributed by atoms with E-state index in [9.17, 15) is 4.79 Å². The average molecular weight is 167 g/mol. The molecule has 12 heavy (non-hydrogen) atoms. The average Bonchev–Trinajstić information content (AvgIpc) is 2.08. The van der Waals surface area contributed by atoms with Crippen LogP contribution in [0.1, 0.15) is 26.7 Å². The van der Waals surface area contributed by atoms with Crippen molar-refractivity contribution >= 4 is 5.91 Å². The molecule has 2 heteroatoms. The second-order valence-corrected chi connectivity index (χ2v) is 3.73. The fourth-order valence-corrected chi connectivity index (χ4v) is 1.71. The molecule has 0 aliphatic carbocycles. The summed E-state index contributed by atoms with van der Waals surface area (Å²) in [5.74, 6) is 0.721. The molecule has 0 radical (unpaired) electrons. The van der Waals surface area contributed by atoms with Crippen molar-refractivity contribution in [2.75, 3.05) is 6.54 Å². The standard InChI is InChI=1S/C10H17NO/c1-4-10(12)11-7-8(2)5-6-9(11)3/h4,8-9H,1,5-7H2,2-3H3/t8-,9?/m0/s1. The highest BCUT2D eigenvalue weighted by molar-refractivity contribution is 5.87. The van der Waals surface area contributed by atoms with Gasteiger partial charge in [-0.05, 0) is 31.8 Å². The van der Waals surface area contributed by atoms with E-state index in [0.717, 1.165) is 13.0 Å². The summed E-state index contributed by atoms with van der Waals surface area (Å²) in [6, 6.07) is 0.395. The van der Waals surface area contributed by atoms with Gasteiger partial charge in [0.05, 0.1) is 0 Å². The van der Waals surface area contributed by atoms with Crippen LogP contribution in [0, 0.1) is 5.92 Å². The Morgan fingerprint density at radius 1 is 1.50 bits per heavy atom. The van der Waals surface area contributed by atoms with Crippen molar-refractivity contribution in [2.45, 2.75) is 32.7 Å². The van der Waals surface area contributed by atoms with E-state index in [2.05, 4.69) is 20.4 Å². The van der Waals surface area contributed by atoms with Gasteiger partial charge in [0.25, 0.3) is 0 Å². The lowest BCUT2D eigenvalue weighted by molar-refractivity contribution is -0.130. The van der Waals surface area contributed by atoms with Gasteiger partial charge in [-0.15, -0.1) is 0 Å². The third-order valence-electron chi connectivity index (χ3n) is 2.58. The predicted octanol–water partition coefficient (Wildman–Crippen LogP) is 1.82. The lowest BCUT2D eigenvalue weighted by atomic mass is 9.95. The van der Waals surface area contributed by atoms with E-state index in [1.165, 1.54) is 12.5 Å². The van der Waals surface area contributed by atoms with Gasteiger partial charge in [-0.25, -0.2) is 0 Å². The monoisotopic (exact) mass is 167 g/mol. The summed E-state index contributed by atoms with van der Waals surface area (Å²) in [7, 11) is 0. The smallest absolute Gasteiger partial charge is 0.246 e. The fraction of sp³-hybridized carbons (Fsp3) is 0.700. The number of amides is 1. The number of hydrogen-bond donors (Lipinski definition) is 0. The number of rotatable bonds is 1. The van der Waals surface area contributed by atoms with Crippen LogP contribution in [0.5, 0.6) is 0 Å². The zero-order valence-electron chi connectivity index (χ0n) is 7.92. The first kappa shape index (κ1) is 9.30. The minimum atomic E-state index is 0.0778. The Hall–Kier alpha value is -0.790. The summed E-state index contributed by atoms with van der Waals surface area (Å²) in [6.07, 6.45) is 3.78. The van der Waals surface area contributed by atoms with Gasteiger partial charge in [0.15, 0.2) is 0 Å². The van der Waals surface area contributed by atoms with Crippen LogP contribution in [-0.2, 0) is 4.79 Å². The molecule has 1 aliphatic heterocycles. The maximum atomic E-state index is 11.3. The van der Waals surface area contributed by atoms with Gasteiger partial charge in [0.2, 0.25) is 5.91 Å². The summed E-state index contributed by atoms with van der Waals surface area (Å²) >= 11 is 0. The summed E-state index contributed by atoms with van der Waals surface area (Å²) in [5, 5.41) is 0. The molecule has 2 nitrogen and oxygen atoms in total. The molecule has 0 aromatic rings. The van der Waals surface area contributed by atoms with Crippen molar-refractivity contribution in [2.24, 2.45) is 5.92 Å². The summed E-state index contributed by atoms with van der Waals surface area (Å²) < 4.78 is 0. The molecule has 68 valence electrons. The molecule has 1 heterocycles. The third kappa shape index (κ3) is 1.87. The zero-order valence-corrected chi connectivity index (χ0v) is 7.92. The van der Waals surface area contributed by atoms with Crippen LogP contribution in [0.2, 0.25) is 0 Å². The normalized spacial score (nSPS) is 30.0. The highest BCUT2D eigenvalue weighted by Crippen LogP contribution is 2.21. The predicted molar refractivity (Wildman–Crippen MR) is 49.8 cm³/mol. The Kier molecular flexibility index (Phi) is 2.90. The van der Waals surface area contributed by atoms with E-state index < -0.39 is 0 Å². The Labute approximate surface area is 74.2 Å². The number of hydrogen-bond acceptors (Lipinski definition) is 1. The maximum absolute atomic E-state index is 11.3. The molecule has 0 spiro atoms. The van der Waals surface area contributed by atoms with Crippen LogP contribution in [-0.4, -0.2) is 23.4 Å². The molecule has 0 N–H and O–H groups in total. The van der Waals surface area contributed by atoms with Gasteiger partial charge >= 0.3 is 0 Å². The number of carbonyl (C=O) groups excluding carboxylic acids is 1. The molecule has 2 atom stereocenters. The number of likely N-dealkylation sites (tertiary alicyclic amines) is 1. The topological polar surface area (TPSA) is 20.3 Å². The van der Waals surface area contributed by atoms with E-state index in [4.69, 9.17) is 0 Å².